The highest BCUT2D eigenvalue weighted by atomic mass is 35.5. The van der Waals surface area contributed by atoms with E-state index in [9.17, 15) is 0 Å². The Morgan fingerprint density at radius 1 is 1.04 bits per heavy atom. The molecule has 3 N–H and O–H groups in total. The lowest BCUT2D eigenvalue weighted by atomic mass is 10.2. The molecule has 0 atom stereocenters. The molecule has 27 heavy (non-hydrogen) atoms. The molecule has 11 heteroatoms. The van der Waals surface area contributed by atoms with Crippen molar-refractivity contribution in [1.29, 1.82) is 0 Å². The first-order chi connectivity index (χ1) is 12.9. The Morgan fingerprint density at radius 2 is 1.85 bits per heavy atom. The van der Waals surface area contributed by atoms with Crippen LogP contribution in [-0.4, -0.2) is 21.1 Å². The molecule has 140 valence electrons. The molecular formula is C16H12Cl4N6S. The molecule has 3 aromatic rings. The molecule has 0 bridgehead atoms. The summed E-state index contributed by atoms with van der Waals surface area (Å²) in [5, 5.41) is 14.6. The number of hydrogen-bond acceptors (Lipinski definition) is 6. The third-order valence-corrected chi connectivity index (χ3v) is 5.66. The van der Waals surface area contributed by atoms with Crippen LogP contribution in [0.2, 0.25) is 20.1 Å². The second-order valence-electron chi connectivity index (χ2n) is 5.25. The van der Waals surface area contributed by atoms with Crippen LogP contribution in [0.15, 0.2) is 46.7 Å². The van der Waals surface area contributed by atoms with Crippen molar-refractivity contribution in [3.8, 4) is 0 Å². The summed E-state index contributed by atoms with van der Waals surface area (Å²) < 4.78 is 1.31. The summed E-state index contributed by atoms with van der Waals surface area (Å²) in [6.07, 6.45) is 1.54. The molecule has 0 aliphatic carbocycles. The predicted octanol–water partition coefficient (Wildman–Crippen LogP) is 5.34. The fourth-order valence-electron chi connectivity index (χ4n) is 1.99. The third-order valence-electron chi connectivity index (χ3n) is 3.35. The van der Waals surface area contributed by atoms with Gasteiger partial charge in [0.1, 0.15) is 0 Å². The van der Waals surface area contributed by atoms with E-state index in [1.807, 2.05) is 6.07 Å². The highest BCUT2D eigenvalue weighted by Gasteiger charge is 2.10. The quantitative estimate of drug-likeness (QED) is 0.224. The number of halogens is 4. The molecule has 6 nitrogen and oxygen atoms in total. The number of thioether (sulfide) groups is 1. The number of nitrogens with two attached hydrogens (primary N) is 1. The standard InChI is InChI=1S/C16H12Cl4N6S/c17-11-3-2-10(13(19)6-11)7-22-23-15-24-25-16(26(15)21)27-8-9-1-4-12(18)14(20)5-9/h1-7H,8,21H2,(H,23,24)/b22-7+. The number of aromatic nitrogens is 3. The zero-order valence-corrected chi connectivity index (χ0v) is 17.4. The Hall–Kier alpha value is -1.64. The van der Waals surface area contributed by atoms with Gasteiger partial charge in [-0.2, -0.15) is 5.10 Å². The fraction of sp³-hybridized carbons (Fsp3) is 0.0625. The van der Waals surface area contributed by atoms with Crippen molar-refractivity contribution in [3.05, 3.63) is 67.6 Å². The number of rotatable bonds is 6. The second-order valence-corrected chi connectivity index (χ2v) is 7.85. The topological polar surface area (TPSA) is 81.1 Å². The van der Waals surface area contributed by atoms with E-state index in [4.69, 9.17) is 52.2 Å². The summed E-state index contributed by atoms with van der Waals surface area (Å²) in [6, 6.07) is 10.5. The Bertz CT molecular complexity index is 991. The molecule has 1 aromatic heterocycles. The van der Waals surface area contributed by atoms with Gasteiger partial charge in [0.05, 0.1) is 21.3 Å². The van der Waals surface area contributed by atoms with E-state index in [1.54, 1.807) is 30.3 Å². The zero-order valence-electron chi connectivity index (χ0n) is 13.5. The molecule has 0 aliphatic rings. The summed E-state index contributed by atoms with van der Waals surface area (Å²) in [5.41, 5.74) is 4.42. The van der Waals surface area contributed by atoms with Gasteiger partial charge in [-0.25, -0.2) is 10.1 Å². The van der Waals surface area contributed by atoms with Crippen molar-refractivity contribution in [2.45, 2.75) is 10.9 Å². The molecule has 2 aromatic carbocycles. The summed E-state index contributed by atoms with van der Waals surface area (Å²) in [7, 11) is 0. The number of nitrogen functional groups attached to an aromatic ring is 1. The molecule has 3 rings (SSSR count). The van der Waals surface area contributed by atoms with Crippen LogP contribution in [0.1, 0.15) is 11.1 Å². The molecule has 0 amide bonds. The number of benzene rings is 2. The van der Waals surface area contributed by atoms with Gasteiger partial charge in [-0.15, -0.1) is 10.2 Å². The molecule has 0 saturated heterocycles. The van der Waals surface area contributed by atoms with Gasteiger partial charge >= 0.3 is 0 Å². The number of nitrogens with zero attached hydrogens (tertiary/aromatic N) is 4. The number of anilines is 1. The lowest BCUT2D eigenvalue weighted by molar-refractivity contribution is 0.847. The molecule has 0 radical (unpaired) electrons. The van der Waals surface area contributed by atoms with E-state index in [0.717, 1.165) is 5.56 Å². The minimum absolute atomic E-state index is 0.285. The minimum atomic E-state index is 0.285. The van der Waals surface area contributed by atoms with Gasteiger partial charge in [-0.05, 0) is 29.8 Å². The largest absolute Gasteiger partial charge is 0.334 e. The molecule has 0 spiro atoms. The lowest BCUT2D eigenvalue weighted by Crippen LogP contribution is -2.13. The van der Waals surface area contributed by atoms with Crippen LogP contribution in [0.25, 0.3) is 0 Å². The second kappa shape index (κ2) is 9.03. The summed E-state index contributed by atoms with van der Waals surface area (Å²) >= 11 is 25.3. The van der Waals surface area contributed by atoms with Crippen LogP contribution in [0.5, 0.6) is 0 Å². The molecule has 0 unspecified atom stereocenters. The molecule has 0 saturated carbocycles. The SMILES string of the molecule is Nn1c(N/N=C/c2ccc(Cl)cc2Cl)nnc1SCc1ccc(Cl)c(Cl)c1. The van der Waals surface area contributed by atoms with Gasteiger partial charge in [0.15, 0.2) is 0 Å². The van der Waals surface area contributed by atoms with Gasteiger partial charge in [0.2, 0.25) is 5.16 Å². The van der Waals surface area contributed by atoms with Crippen molar-refractivity contribution < 1.29 is 0 Å². The maximum Gasteiger partial charge on any atom is 0.264 e. The van der Waals surface area contributed by atoms with Crippen molar-refractivity contribution in [2.24, 2.45) is 5.10 Å². The van der Waals surface area contributed by atoms with Crippen LogP contribution in [0.3, 0.4) is 0 Å². The van der Waals surface area contributed by atoms with E-state index < -0.39 is 0 Å². The smallest absolute Gasteiger partial charge is 0.264 e. The average Bonchev–Trinajstić information content (AvgIpc) is 2.98. The average molecular weight is 462 g/mol. The lowest BCUT2D eigenvalue weighted by Gasteiger charge is -2.04. The number of hydrazone groups is 1. The molecular weight excluding hydrogens is 450 g/mol. The summed E-state index contributed by atoms with van der Waals surface area (Å²) in [5.74, 6) is 6.89. The van der Waals surface area contributed by atoms with Crippen LogP contribution >= 0.6 is 58.2 Å². The van der Waals surface area contributed by atoms with Crippen LogP contribution in [0, 0.1) is 0 Å². The first-order valence-corrected chi connectivity index (χ1v) is 9.95. The Balaban J connectivity index is 1.62. The molecule has 0 fully saturated rings. The number of nitrogens with one attached hydrogen (secondary N) is 1. The first kappa shape index (κ1) is 20.1. The van der Waals surface area contributed by atoms with Gasteiger partial charge in [-0.3, -0.25) is 0 Å². The van der Waals surface area contributed by atoms with Crippen molar-refractivity contribution >= 4 is 70.3 Å². The van der Waals surface area contributed by atoms with E-state index in [-0.39, 0.29) is 5.95 Å². The molecule has 0 aliphatic heterocycles. The van der Waals surface area contributed by atoms with E-state index >= 15 is 0 Å². The maximum atomic E-state index is 6.08. The van der Waals surface area contributed by atoms with Gasteiger partial charge in [0.25, 0.3) is 5.95 Å². The summed E-state index contributed by atoms with van der Waals surface area (Å²) in [6.45, 7) is 0. The zero-order chi connectivity index (χ0) is 19.4. The van der Waals surface area contributed by atoms with Gasteiger partial charge < -0.3 is 5.84 Å². The van der Waals surface area contributed by atoms with Crippen LogP contribution in [0.4, 0.5) is 5.95 Å². The van der Waals surface area contributed by atoms with Gasteiger partial charge in [-0.1, -0.05) is 70.3 Å². The monoisotopic (exact) mass is 460 g/mol. The van der Waals surface area contributed by atoms with Crippen molar-refractivity contribution in [3.63, 3.8) is 0 Å². The predicted molar refractivity (Wildman–Crippen MR) is 114 cm³/mol. The van der Waals surface area contributed by atoms with Crippen molar-refractivity contribution in [2.75, 3.05) is 11.3 Å². The Morgan fingerprint density at radius 3 is 2.59 bits per heavy atom. The van der Waals surface area contributed by atoms with Crippen LogP contribution < -0.4 is 11.3 Å². The maximum absolute atomic E-state index is 6.08. The Kier molecular flexibility index (Phi) is 6.73. The molecule has 1 heterocycles. The summed E-state index contributed by atoms with van der Waals surface area (Å²) in [4.78, 5) is 0. The first-order valence-electron chi connectivity index (χ1n) is 7.45. The van der Waals surface area contributed by atoms with Gasteiger partial charge in [0, 0.05) is 16.3 Å². The van der Waals surface area contributed by atoms with E-state index in [0.29, 0.717) is 36.6 Å². The van der Waals surface area contributed by atoms with Crippen LogP contribution in [-0.2, 0) is 5.75 Å². The highest BCUT2D eigenvalue weighted by Crippen LogP contribution is 2.27. The van der Waals surface area contributed by atoms with Crippen molar-refractivity contribution in [1.82, 2.24) is 14.9 Å². The minimum Gasteiger partial charge on any atom is -0.334 e. The van der Waals surface area contributed by atoms with E-state index in [1.165, 1.54) is 22.7 Å². The normalized spacial score (nSPS) is 11.3. The Labute approximate surface area is 179 Å². The van der Waals surface area contributed by atoms with E-state index in [2.05, 4.69) is 20.7 Å². The fourth-order valence-corrected chi connectivity index (χ4v) is 3.57. The highest BCUT2D eigenvalue weighted by molar-refractivity contribution is 7.98. The number of hydrogen-bond donors (Lipinski definition) is 2. The third kappa shape index (κ3) is 5.21.